The number of amides is 1. The fourth-order valence-corrected chi connectivity index (χ4v) is 4.24. The van der Waals surface area contributed by atoms with E-state index in [4.69, 9.17) is 11.6 Å². The highest BCUT2D eigenvalue weighted by molar-refractivity contribution is 6.30. The normalized spacial score (nSPS) is 14.4. The summed E-state index contributed by atoms with van der Waals surface area (Å²) in [5.74, 6) is 1.85. The third kappa shape index (κ3) is 4.42. The average molecular weight is 439 g/mol. The molecule has 2 aromatic heterocycles. The van der Waals surface area contributed by atoms with Gasteiger partial charge in [0.2, 0.25) is 0 Å². The molecule has 7 nitrogen and oxygen atoms in total. The lowest BCUT2D eigenvalue weighted by Gasteiger charge is -2.35. The largest absolute Gasteiger partial charge is 0.353 e. The molecule has 0 unspecified atom stereocenters. The van der Waals surface area contributed by atoms with E-state index in [1.54, 1.807) is 6.20 Å². The van der Waals surface area contributed by atoms with Crippen molar-refractivity contribution in [3.05, 3.63) is 64.3 Å². The lowest BCUT2D eigenvalue weighted by molar-refractivity contribution is 0.0745. The van der Waals surface area contributed by atoms with Crippen LogP contribution in [0, 0.1) is 13.8 Å². The summed E-state index contributed by atoms with van der Waals surface area (Å²) in [6.07, 6.45) is 1.68. The number of carbonyl (C=O) groups excluding carboxylic acids is 1. The van der Waals surface area contributed by atoms with E-state index in [0.29, 0.717) is 23.7 Å². The van der Waals surface area contributed by atoms with E-state index in [2.05, 4.69) is 33.8 Å². The second-order valence-corrected chi connectivity index (χ2v) is 8.62. The van der Waals surface area contributed by atoms with Crippen molar-refractivity contribution < 1.29 is 4.79 Å². The maximum Gasteiger partial charge on any atom is 0.257 e. The number of piperazine rings is 1. The maximum atomic E-state index is 13.4. The topological polar surface area (TPSA) is 67.2 Å². The van der Waals surface area contributed by atoms with Crippen molar-refractivity contribution in [3.63, 3.8) is 0 Å². The summed E-state index contributed by atoms with van der Waals surface area (Å²) in [7, 11) is 0. The first kappa shape index (κ1) is 21.3. The Morgan fingerprint density at radius 2 is 1.81 bits per heavy atom. The molecular weight excluding hydrogens is 412 g/mol. The predicted octanol–water partition coefficient (Wildman–Crippen LogP) is 4.02. The molecule has 162 valence electrons. The van der Waals surface area contributed by atoms with Crippen LogP contribution in [0.1, 0.15) is 47.3 Å². The van der Waals surface area contributed by atoms with Crippen LogP contribution in [-0.2, 0) is 0 Å². The van der Waals surface area contributed by atoms with E-state index in [-0.39, 0.29) is 11.8 Å². The number of hydrogen-bond acceptors (Lipinski definition) is 5. The van der Waals surface area contributed by atoms with E-state index in [9.17, 15) is 4.79 Å². The first-order valence-corrected chi connectivity index (χ1v) is 10.9. The van der Waals surface area contributed by atoms with E-state index in [1.165, 1.54) is 0 Å². The molecule has 4 rings (SSSR count). The van der Waals surface area contributed by atoms with Crippen molar-refractivity contribution in [2.45, 2.75) is 33.6 Å². The standard InChI is InChI=1S/C23H27ClN6O/c1-15(2)22-20(14-25-30(22)19-7-5-6-18(24)13-19)23(31)29-10-8-28(9-11-29)21-12-16(3)26-17(4)27-21/h5-7,12-15H,8-11H2,1-4H3. The van der Waals surface area contributed by atoms with Gasteiger partial charge in [-0.25, -0.2) is 14.6 Å². The molecule has 0 spiro atoms. The molecule has 3 aromatic rings. The second kappa shape index (κ2) is 8.67. The van der Waals surface area contributed by atoms with Crippen molar-refractivity contribution in [2.24, 2.45) is 0 Å². The third-order valence-corrected chi connectivity index (χ3v) is 5.71. The smallest absolute Gasteiger partial charge is 0.257 e. The number of benzene rings is 1. The molecule has 3 heterocycles. The van der Waals surface area contributed by atoms with Crippen LogP contribution in [-0.4, -0.2) is 56.7 Å². The van der Waals surface area contributed by atoms with Crippen LogP contribution < -0.4 is 4.90 Å². The van der Waals surface area contributed by atoms with Gasteiger partial charge in [-0.1, -0.05) is 31.5 Å². The first-order valence-electron chi connectivity index (χ1n) is 10.5. The Bertz CT molecular complexity index is 1080. The predicted molar refractivity (Wildman–Crippen MR) is 122 cm³/mol. The van der Waals surface area contributed by atoms with Gasteiger partial charge in [0.05, 0.1) is 23.1 Å². The van der Waals surface area contributed by atoms with Crippen LogP contribution in [0.4, 0.5) is 5.82 Å². The lowest BCUT2D eigenvalue weighted by Crippen LogP contribution is -2.49. The fraction of sp³-hybridized carbons (Fsp3) is 0.391. The van der Waals surface area contributed by atoms with E-state index in [0.717, 1.165) is 41.8 Å². The van der Waals surface area contributed by atoms with Crippen LogP contribution in [0.3, 0.4) is 0 Å². The Morgan fingerprint density at radius 3 is 2.45 bits per heavy atom. The van der Waals surface area contributed by atoms with Crippen LogP contribution in [0.25, 0.3) is 5.69 Å². The van der Waals surface area contributed by atoms with Crippen molar-refractivity contribution >= 4 is 23.3 Å². The summed E-state index contributed by atoms with van der Waals surface area (Å²) in [6, 6.07) is 9.52. The van der Waals surface area contributed by atoms with Gasteiger partial charge in [-0.2, -0.15) is 5.10 Å². The van der Waals surface area contributed by atoms with Gasteiger partial charge in [0.15, 0.2) is 0 Å². The SMILES string of the molecule is Cc1cc(N2CCN(C(=O)c3cnn(-c4cccc(Cl)c4)c3C(C)C)CC2)nc(C)n1. The van der Waals surface area contributed by atoms with Crippen molar-refractivity contribution in [3.8, 4) is 5.69 Å². The number of anilines is 1. The highest BCUT2D eigenvalue weighted by Gasteiger charge is 2.28. The second-order valence-electron chi connectivity index (χ2n) is 8.18. The maximum absolute atomic E-state index is 13.4. The molecule has 1 saturated heterocycles. The molecule has 1 aliphatic rings. The van der Waals surface area contributed by atoms with Gasteiger partial charge in [-0.3, -0.25) is 4.79 Å². The number of rotatable bonds is 4. The molecular formula is C23H27ClN6O. The third-order valence-electron chi connectivity index (χ3n) is 5.48. The molecule has 0 N–H and O–H groups in total. The summed E-state index contributed by atoms with van der Waals surface area (Å²) in [6.45, 7) is 10.8. The fourth-order valence-electron chi connectivity index (χ4n) is 4.06. The molecule has 1 aromatic carbocycles. The minimum Gasteiger partial charge on any atom is -0.353 e. The Kier molecular flexibility index (Phi) is 5.96. The monoisotopic (exact) mass is 438 g/mol. The molecule has 1 fully saturated rings. The van der Waals surface area contributed by atoms with Gasteiger partial charge in [0.25, 0.3) is 5.91 Å². The van der Waals surface area contributed by atoms with Crippen LogP contribution in [0.2, 0.25) is 5.02 Å². The zero-order chi connectivity index (χ0) is 22.1. The van der Waals surface area contributed by atoms with Gasteiger partial charge < -0.3 is 9.80 Å². The van der Waals surface area contributed by atoms with Crippen LogP contribution >= 0.6 is 11.6 Å². The average Bonchev–Trinajstić information content (AvgIpc) is 3.18. The summed E-state index contributed by atoms with van der Waals surface area (Å²) in [5, 5.41) is 5.17. The van der Waals surface area contributed by atoms with Crippen LogP contribution in [0.15, 0.2) is 36.5 Å². The lowest BCUT2D eigenvalue weighted by atomic mass is 10.0. The Morgan fingerprint density at radius 1 is 1.06 bits per heavy atom. The summed E-state index contributed by atoms with van der Waals surface area (Å²) >= 11 is 6.17. The number of aromatic nitrogens is 4. The van der Waals surface area contributed by atoms with Gasteiger partial charge in [0.1, 0.15) is 11.6 Å². The zero-order valence-electron chi connectivity index (χ0n) is 18.3. The number of carbonyl (C=O) groups is 1. The molecule has 0 radical (unpaired) electrons. The Labute approximate surface area is 187 Å². The highest BCUT2D eigenvalue weighted by atomic mass is 35.5. The molecule has 1 amide bonds. The van der Waals surface area contributed by atoms with Gasteiger partial charge in [-0.05, 0) is 38.0 Å². The number of halogens is 1. The van der Waals surface area contributed by atoms with Gasteiger partial charge in [-0.15, -0.1) is 0 Å². The molecule has 0 bridgehead atoms. The van der Waals surface area contributed by atoms with Crippen molar-refractivity contribution in [2.75, 3.05) is 31.1 Å². The van der Waals surface area contributed by atoms with E-state index >= 15 is 0 Å². The molecule has 0 atom stereocenters. The molecule has 8 heteroatoms. The van der Waals surface area contributed by atoms with Gasteiger partial charge >= 0.3 is 0 Å². The van der Waals surface area contributed by atoms with E-state index in [1.807, 2.05) is 53.8 Å². The Balaban J connectivity index is 1.54. The first-order chi connectivity index (χ1) is 14.8. The summed E-state index contributed by atoms with van der Waals surface area (Å²) in [4.78, 5) is 26.4. The zero-order valence-corrected chi connectivity index (χ0v) is 19.1. The quantitative estimate of drug-likeness (QED) is 0.615. The molecule has 0 saturated carbocycles. The highest BCUT2D eigenvalue weighted by Crippen LogP contribution is 2.26. The van der Waals surface area contributed by atoms with Gasteiger partial charge in [0, 0.05) is 43.0 Å². The number of hydrogen-bond donors (Lipinski definition) is 0. The number of aryl methyl sites for hydroxylation is 2. The summed E-state index contributed by atoms with van der Waals surface area (Å²) in [5.41, 5.74) is 3.36. The van der Waals surface area contributed by atoms with Crippen LogP contribution in [0.5, 0.6) is 0 Å². The Hall–Kier alpha value is -2.93. The van der Waals surface area contributed by atoms with Crippen molar-refractivity contribution in [1.29, 1.82) is 0 Å². The minimum atomic E-state index is 0.0201. The molecule has 0 aliphatic carbocycles. The molecule has 31 heavy (non-hydrogen) atoms. The van der Waals surface area contributed by atoms with Crippen molar-refractivity contribution in [1.82, 2.24) is 24.6 Å². The molecule has 1 aliphatic heterocycles. The minimum absolute atomic E-state index is 0.0201. The summed E-state index contributed by atoms with van der Waals surface area (Å²) < 4.78 is 1.83. The van der Waals surface area contributed by atoms with E-state index < -0.39 is 0 Å². The number of nitrogens with zero attached hydrogens (tertiary/aromatic N) is 6.